The molecule has 0 spiro atoms. The van der Waals surface area contributed by atoms with Crippen LogP contribution in [-0.4, -0.2) is 39.8 Å². The monoisotopic (exact) mass is 413 g/mol. The summed E-state index contributed by atoms with van der Waals surface area (Å²) in [4.78, 5) is 24.6. The summed E-state index contributed by atoms with van der Waals surface area (Å²) in [6.45, 7) is -0.318. The molecular weight excluding hydrogens is 386 g/mol. The van der Waals surface area contributed by atoms with Crippen molar-refractivity contribution in [3.63, 3.8) is 0 Å². The largest absolute Gasteiger partial charge is 0.493 e. The maximum Gasteiger partial charge on any atom is 0.310 e. The van der Waals surface area contributed by atoms with Crippen LogP contribution in [0.25, 0.3) is 0 Å². The molecule has 0 radical (unpaired) electrons. The topological polar surface area (TPSA) is 83.1 Å². The van der Waals surface area contributed by atoms with Crippen molar-refractivity contribution in [3.05, 3.63) is 53.1 Å². The van der Waals surface area contributed by atoms with E-state index in [1.165, 1.54) is 26.9 Å². The second kappa shape index (κ2) is 10.0. The van der Waals surface area contributed by atoms with Crippen molar-refractivity contribution in [2.45, 2.75) is 31.7 Å². The molecule has 160 valence electrons. The second-order valence-corrected chi connectivity index (χ2v) is 7.08. The predicted octanol–water partition coefficient (Wildman–Crippen LogP) is 2.99. The van der Waals surface area contributed by atoms with E-state index in [2.05, 4.69) is 11.4 Å². The quantitative estimate of drug-likeness (QED) is 0.670. The minimum absolute atomic E-state index is 0.0176. The highest BCUT2D eigenvalue weighted by Crippen LogP contribution is 2.38. The Morgan fingerprint density at radius 2 is 1.73 bits per heavy atom. The van der Waals surface area contributed by atoms with Gasteiger partial charge in [-0.1, -0.05) is 24.3 Å². The number of carbonyl (C=O) groups excluding carboxylic acids is 2. The summed E-state index contributed by atoms with van der Waals surface area (Å²) in [5.74, 6) is 0.532. The predicted molar refractivity (Wildman–Crippen MR) is 111 cm³/mol. The lowest BCUT2D eigenvalue weighted by Gasteiger charge is -2.26. The van der Waals surface area contributed by atoms with Crippen LogP contribution in [0.1, 0.15) is 35.6 Å². The first kappa shape index (κ1) is 21.5. The molecule has 0 saturated carbocycles. The molecule has 1 N–H and O–H groups in total. The number of esters is 1. The van der Waals surface area contributed by atoms with E-state index in [9.17, 15) is 9.59 Å². The molecule has 0 fully saturated rings. The average Bonchev–Trinajstić information content (AvgIpc) is 2.77. The van der Waals surface area contributed by atoms with Gasteiger partial charge in [-0.05, 0) is 48.1 Å². The molecule has 2 aromatic carbocycles. The van der Waals surface area contributed by atoms with Gasteiger partial charge in [0, 0.05) is 0 Å². The Labute approximate surface area is 176 Å². The van der Waals surface area contributed by atoms with Gasteiger partial charge < -0.3 is 24.3 Å². The summed E-state index contributed by atoms with van der Waals surface area (Å²) < 4.78 is 21.0. The number of methoxy groups -OCH3 is 3. The maximum atomic E-state index is 12.3. The molecule has 1 atom stereocenters. The zero-order valence-electron chi connectivity index (χ0n) is 17.5. The fourth-order valence-electron chi connectivity index (χ4n) is 3.74. The molecule has 1 aliphatic rings. The molecule has 7 nitrogen and oxygen atoms in total. The molecule has 1 aliphatic carbocycles. The molecule has 0 unspecified atom stereocenters. The lowest BCUT2D eigenvalue weighted by Crippen LogP contribution is -2.34. The van der Waals surface area contributed by atoms with Crippen molar-refractivity contribution in [1.29, 1.82) is 0 Å². The van der Waals surface area contributed by atoms with Crippen LogP contribution in [0.15, 0.2) is 36.4 Å². The van der Waals surface area contributed by atoms with E-state index >= 15 is 0 Å². The van der Waals surface area contributed by atoms with E-state index in [-0.39, 0.29) is 25.0 Å². The van der Waals surface area contributed by atoms with Gasteiger partial charge in [0.2, 0.25) is 5.75 Å². The van der Waals surface area contributed by atoms with Crippen LogP contribution in [0.3, 0.4) is 0 Å². The Balaban J connectivity index is 1.56. The highest BCUT2D eigenvalue weighted by molar-refractivity contribution is 5.81. The molecule has 2 aromatic rings. The fourth-order valence-corrected chi connectivity index (χ4v) is 3.74. The van der Waals surface area contributed by atoms with Crippen LogP contribution < -0.4 is 19.5 Å². The molecule has 1 amide bonds. The zero-order chi connectivity index (χ0) is 21.5. The summed E-state index contributed by atoms with van der Waals surface area (Å²) in [6, 6.07) is 11.4. The molecule has 0 heterocycles. The summed E-state index contributed by atoms with van der Waals surface area (Å²) in [6.07, 6.45) is 2.90. The van der Waals surface area contributed by atoms with Gasteiger partial charge in [-0.3, -0.25) is 9.59 Å². The third kappa shape index (κ3) is 5.03. The van der Waals surface area contributed by atoms with Crippen molar-refractivity contribution in [2.24, 2.45) is 0 Å². The Hall–Kier alpha value is -3.22. The number of carbonyl (C=O) groups is 2. The Bertz CT molecular complexity index is 885. The second-order valence-electron chi connectivity index (χ2n) is 7.08. The molecule has 30 heavy (non-hydrogen) atoms. The highest BCUT2D eigenvalue weighted by Gasteiger charge is 2.22. The normalized spacial score (nSPS) is 15.0. The third-order valence-electron chi connectivity index (χ3n) is 5.14. The third-order valence-corrected chi connectivity index (χ3v) is 5.14. The standard InChI is InChI=1S/C23H27NO6/c1-27-19-11-15(12-20(28-2)23(19)29-3)13-22(26)30-14-21(25)24-18-10-6-8-16-7-4-5-9-17(16)18/h4-5,7,9,11-12,18H,6,8,10,13-14H2,1-3H3,(H,24,25)/t18-/m1/s1. The molecule has 3 rings (SSSR count). The highest BCUT2D eigenvalue weighted by atomic mass is 16.5. The van der Waals surface area contributed by atoms with Crippen molar-refractivity contribution >= 4 is 11.9 Å². The van der Waals surface area contributed by atoms with Crippen LogP contribution in [0.4, 0.5) is 0 Å². The van der Waals surface area contributed by atoms with E-state index in [0.717, 1.165) is 24.8 Å². The number of nitrogens with one attached hydrogen (secondary N) is 1. The van der Waals surface area contributed by atoms with Gasteiger partial charge in [0.25, 0.3) is 5.91 Å². The molecule has 0 bridgehead atoms. The number of benzene rings is 2. The Kier molecular flexibility index (Phi) is 7.17. The van der Waals surface area contributed by atoms with Gasteiger partial charge in [-0.2, -0.15) is 0 Å². The van der Waals surface area contributed by atoms with E-state index in [1.807, 2.05) is 18.2 Å². The van der Waals surface area contributed by atoms with Gasteiger partial charge >= 0.3 is 5.97 Å². The number of fused-ring (bicyclic) bond motifs is 1. The van der Waals surface area contributed by atoms with Gasteiger partial charge in [0.05, 0.1) is 33.8 Å². The Morgan fingerprint density at radius 1 is 1.03 bits per heavy atom. The lowest BCUT2D eigenvalue weighted by atomic mass is 9.88. The van der Waals surface area contributed by atoms with E-state index in [4.69, 9.17) is 18.9 Å². The minimum Gasteiger partial charge on any atom is -0.493 e. The van der Waals surface area contributed by atoms with Crippen molar-refractivity contribution in [2.75, 3.05) is 27.9 Å². The van der Waals surface area contributed by atoms with Crippen molar-refractivity contribution in [3.8, 4) is 17.2 Å². The number of hydrogen-bond acceptors (Lipinski definition) is 6. The summed E-state index contributed by atoms with van der Waals surface area (Å²) in [7, 11) is 4.53. The molecular formula is C23H27NO6. The van der Waals surface area contributed by atoms with Gasteiger partial charge in [-0.15, -0.1) is 0 Å². The summed E-state index contributed by atoms with van der Waals surface area (Å²) in [5, 5.41) is 2.97. The minimum atomic E-state index is -0.511. The smallest absolute Gasteiger partial charge is 0.310 e. The van der Waals surface area contributed by atoms with Crippen LogP contribution >= 0.6 is 0 Å². The number of aryl methyl sites for hydroxylation is 1. The first-order chi connectivity index (χ1) is 14.5. The number of hydrogen-bond donors (Lipinski definition) is 1. The SMILES string of the molecule is COc1cc(CC(=O)OCC(=O)N[C@@H]2CCCc3ccccc32)cc(OC)c1OC. The Morgan fingerprint density at radius 3 is 2.40 bits per heavy atom. The van der Waals surface area contributed by atoms with Crippen molar-refractivity contribution < 1.29 is 28.5 Å². The average molecular weight is 413 g/mol. The van der Waals surface area contributed by atoms with Crippen molar-refractivity contribution in [1.82, 2.24) is 5.32 Å². The lowest BCUT2D eigenvalue weighted by molar-refractivity contribution is -0.148. The molecule has 0 aromatic heterocycles. The first-order valence-corrected chi connectivity index (χ1v) is 9.87. The maximum absolute atomic E-state index is 12.3. The van der Waals surface area contributed by atoms with Gasteiger partial charge in [0.1, 0.15) is 0 Å². The van der Waals surface area contributed by atoms with Crippen LogP contribution in [-0.2, 0) is 27.2 Å². The van der Waals surface area contributed by atoms with Crippen LogP contribution in [0, 0.1) is 0 Å². The fraction of sp³-hybridized carbons (Fsp3) is 0.391. The van der Waals surface area contributed by atoms with E-state index in [0.29, 0.717) is 22.8 Å². The number of amides is 1. The van der Waals surface area contributed by atoms with E-state index in [1.54, 1.807) is 12.1 Å². The summed E-state index contributed by atoms with van der Waals surface area (Å²) >= 11 is 0. The number of ether oxygens (including phenoxy) is 4. The van der Waals surface area contributed by atoms with Gasteiger partial charge in [0.15, 0.2) is 18.1 Å². The van der Waals surface area contributed by atoms with Crippen LogP contribution in [0.5, 0.6) is 17.2 Å². The van der Waals surface area contributed by atoms with Crippen LogP contribution in [0.2, 0.25) is 0 Å². The first-order valence-electron chi connectivity index (χ1n) is 9.87. The molecule has 0 saturated heterocycles. The zero-order valence-corrected chi connectivity index (χ0v) is 17.5. The summed E-state index contributed by atoms with van der Waals surface area (Å²) in [5.41, 5.74) is 3.03. The molecule has 7 heteroatoms. The number of rotatable bonds is 8. The van der Waals surface area contributed by atoms with Gasteiger partial charge in [-0.25, -0.2) is 0 Å². The molecule has 0 aliphatic heterocycles. The van der Waals surface area contributed by atoms with E-state index < -0.39 is 5.97 Å².